The van der Waals surface area contributed by atoms with Gasteiger partial charge in [-0.2, -0.15) is 0 Å². The van der Waals surface area contributed by atoms with E-state index < -0.39 is 0 Å². The van der Waals surface area contributed by atoms with Gasteiger partial charge in [-0.25, -0.2) is 4.98 Å². The Morgan fingerprint density at radius 3 is 2.12 bits per heavy atom. The highest BCUT2D eigenvalue weighted by Gasteiger charge is 2.36. The van der Waals surface area contributed by atoms with Crippen LogP contribution in [0.1, 0.15) is 61.1 Å². The Hall–Kier alpha value is -2.93. The number of nitrogens with zero attached hydrogens (tertiary/aromatic N) is 1. The Kier molecular flexibility index (Phi) is 4.78. The number of rotatable bonds is 3. The van der Waals surface area contributed by atoms with Gasteiger partial charge in [0.2, 0.25) is 0 Å². The minimum absolute atomic E-state index is 0.0132. The minimum Gasteiger partial charge on any atom is -0.248 e. The number of aryl methyl sites for hydroxylation is 3. The average molecular weight is 420 g/mol. The predicted octanol–water partition coefficient (Wildman–Crippen LogP) is 8.33. The summed E-state index contributed by atoms with van der Waals surface area (Å²) in [6, 6.07) is 20.8. The molecule has 1 aliphatic carbocycles. The lowest BCUT2D eigenvalue weighted by Gasteiger charge is -2.22. The van der Waals surface area contributed by atoms with Crippen molar-refractivity contribution in [3.63, 3.8) is 0 Å². The third-order valence-corrected chi connectivity index (χ3v) is 6.99. The number of fused-ring (bicyclic) bond motifs is 4. The summed E-state index contributed by atoms with van der Waals surface area (Å²) >= 11 is 0. The van der Waals surface area contributed by atoms with Crippen LogP contribution < -0.4 is 0 Å². The number of benzene rings is 3. The molecule has 0 bridgehead atoms. The van der Waals surface area contributed by atoms with Crippen LogP contribution in [0.3, 0.4) is 0 Å². The molecule has 1 aliphatic rings. The second-order valence-corrected chi connectivity index (χ2v) is 10.7. The van der Waals surface area contributed by atoms with Crippen molar-refractivity contribution in [2.24, 2.45) is 5.92 Å². The zero-order chi connectivity index (χ0) is 22.8. The molecule has 3 aromatic carbocycles. The first-order valence-corrected chi connectivity index (χ1v) is 11.8. The van der Waals surface area contributed by atoms with Crippen molar-refractivity contribution in [2.75, 3.05) is 0 Å². The maximum atomic E-state index is 5.22. The molecule has 0 unspecified atom stereocenters. The molecule has 1 heteroatoms. The van der Waals surface area contributed by atoms with Crippen molar-refractivity contribution >= 4 is 10.9 Å². The summed E-state index contributed by atoms with van der Waals surface area (Å²) in [5, 5.41) is 1.30. The number of hydrogen-bond acceptors (Lipinski definition) is 1. The Morgan fingerprint density at radius 1 is 0.750 bits per heavy atom. The Bertz CT molecular complexity index is 1350. The highest BCUT2D eigenvalue weighted by Crippen LogP contribution is 2.50. The van der Waals surface area contributed by atoms with Crippen molar-refractivity contribution in [1.82, 2.24) is 4.98 Å². The average Bonchev–Trinajstić information content (AvgIpc) is 2.92. The van der Waals surface area contributed by atoms with Gasteiger partial charge in [-0.15, -0.1) is 0 Å². The fourth-order valence-electron chi connectivity index (χ4n) is 5.52. The molecule has 0 saturated carbocycles. The van der Waals surface area contributed by atoms with Gasteiger partial charge in [-0.05, 0) is 91.3 Å². The first-order valence-electron chi connectivity index (χ1n) is 11.8. The van der Waals surface area contributed by atoms with E-state index in [1.54, 1.807) is 0 Å². The molecule has 5 rings (SSSR count). The zero-order valence-corrected chi connectivity index (χ0v) is 20.4. The second kappa shape index (κ2) is 7.30. The van der Waals surface area contributed by atoms with Gasteiger partial charge in [0, 0.05) is 16.4 Å². The molecule has 0 atom stereocenters. The van der Waals surface area contributed by atoms with E-state index in [0.717, 1.165) is 17.6 Å². The minimum atomic E-state index is -0.0132. The molecule has 0 fully saturated rings. The molecule has 0 amide bonds. The second-order valence-electron chi connectivity index (χ2n) is 10.7. The molecule has 0 aliphatic heterocycles. The van der Waals surface area contributed by atoms with Crippen LogP contribution in [0.4, 0.5) is 0 Å². The van der Waals surface area contributed by atoms with Gasteiger partial charge in [0.05, 0.1) is 11.2 Å². The van der Waals surface area contributed by atoms with E-state index in [-0.39, 0.29) is 5.41 Å². The zero-order valence-electron chi connectivity index (χ0n) is 20.4. The van der Waals surface area contributed by atoms with E-state index in [0.29, 0.717) is 5.92 Å². The molecule has 0 N–H and O–H groups in total. The van der Waals surface area contributed by atoms with E-state index >= 15 is 0 Å². The summed E-state index contributed by atoms with van der Waals surface area (Å²) < 4.78 is 0. The van der Waals surface area contributed by atoms with E-state index in [1.807, 2.05) is 0 Å². The van der Waals surface area contributed by atoms with E-state index in [1.165, 1.54) is 55.5 Å². The van der Waals surface area contributed by atoms with Crippen LogP contribution >= 0.6 is 0 Å². The summed E-state index contributed by atoms with van der Waals surface area (Å²) in [5.74, 6) is 0.590. The maximum Gasteiger partial charge on any atom is 0.0715 e. The normalized spacial score (nSPS) is 14.1. The summed E-state index contributed by atoms with van der Waals surface area (Å²) in [6.07, 6.45) is 1.06. The van der Waals surface area contributed by atoms with Gasteiger partial charge in [0.15, 0.2) is 0 Å². The third-order valence-electron chi connectivity index (χ3n) is 6.99. The van der Waals surface area contributed by atoms with Crippen molar-refractivity contribution in [3.05, 3.63) is 88.0 Å². The third kappa shape index (κ3) is 3.35. The molecule has 4 aromatic rings. The molecular formula is C31H33N. The predicted molar refractivity (Wildman–Crippen MR) is 137 cm³/mol. The first kappa shape index (κ1) is 20.9. The Labute approximate surface area is 192 Å². The van der Waals surface area contributed by atoms with Gasteiger partial charge >= 0.3 is 0 Å². The van der Waals surface area contributed by atoms with Crippen LogP contribution in [0.25, 0.3) is 33.3 Å². The highest BCUT2D eigenvalue weighted by molar-refractivity contribution is 5.94. The summed E-state index contributed by atoms with van der Waals surface area (Å²) in [4.78, 5) is 5.22. The lowest BCUT2D eigenvalue weighted by atomic mass is 9.81. The molecule has 1 aromatic heterocycles. The van der Waals surface area contributed by atoms with Crippen LogP contribution in [0.5, 0.6) is 0 Å². The molecule has 32 heavy (non-hydrogen) atoms. The fraction of sp³-hybridized carbons (Fsp3) is 0.323. The quantitative estimate of drug-likeness (QED) is 0.325. The van der Waals surface area contributed by atoms with Crippen LogP contribution in [0, 0.1) is 26.7 Å². The monoisotopic (exact) mass is 419 g/mol. The van der Waals surface area contributed by atoms with E-state index in [2.05, 4.69) is 103 Å². The van der Waals surface area contributed by atoms with Crippen molar-refractivity contribution in [3.8, 4) is 22.4 Å². The number of pyridine rings is 1. The van der Waals surface area contributed by atoms with Crippen LogP contribution in [0.15, 0.2) is 54.6 Å². The van der Waals surface area contributed by atoms with E-state index in [4.69, 9.17) is 4.98 Å². The smallest absolute Gasteiger partial charge is 0.0715 e. The van der Waals surface area contributed by atoms with Crippen molar-refractivity contribution in [1.29, 1.82) is 0 Å². The molecule has 0 spiro atoms. The molecule has 1 nitrogen and oxygen atoms in total. The van der Waals surface area contributed by atoms with Gasteiger partial charge in [-0.1, -0.05) is 68.7 Å². The standard InChI is InChI=1S/C31H33N/c1-18(2)10-22-15-29(23-12-20(4)11-21(5)13-23)32-30-17-28-26(16-25(22)30)24-9-8-19(3)14-27(24)31(28,6)7/h8-9,11-18H,10H2,1-7H3. The lowest BCUT2D eigenvalue weighted by molar-refractivity contribution is 0.649. The van der Waals surface area contributed by atoms with Gasteiger partial charge in [-0.3, -0.25) is 0 Å². The highest BCUT2D eigenvalue weighted by atomic mass is 14.7. The number of aromatic nitrogens is 1. The Morgan fingerprint density at radius 2 is 1.44 bits per heavy atom. The van der Waals surface area contributed by atoms with Gasteiger partial charge < -0.3 is 0 Å². The van der Waals surface area contributed by atoms with Gasteiger partial charge in [0.1, 0.15) is 0 Å². The van der Waals surface area contributed by atoms with Crippen molar-refractivity contribution in [2.45, 2.75) is 60.3 Å². The topological polar surface area (TPSA) is 12.9 Å². The fourth-order valence-corrected chi connectivity index (χ4v) is 5.52. The van der Waals surface area contributed by atoms with Crippen LogP contribution in [-0.2, 0) is 11.8 Å². The lowest BCUT2D eigenvalue weighted by Crippen LogP contribution is -2.15. The molecule has 0 radical (unpaired) electrons. The molecule has 1 heterocycles. The summed E-state index contributed by atoms with van der Waals surface area (Å²) in [6.45, 7) is 15.8. The molecule has 0 saturated heterocycles. The maximum absolute atomic E-state index is 5.22. The van der Waals surface area contributed by atoms with Crippen LogP contribution in [-0.4, -0.2) is 4.98 Å². The SMILES string of the molecule is Cc1cc(C)cc(-c2cc(CC(C)C)c3cc4c(cc3n2)C(C)(C)c2cc(C)ccc2-4)c1. The number of hydrogen-bond donors (Lipinski definition) is 0. The van der Waals surface area contributed by atoms with Gasteiger partial charge in [0.25, 0.3) is 0 Å². The Balaban J connectivity index is 1.80. The first-order chi connectivity index (χ1) is 15.1. The van der Waals surface area contributed by atoms with Crippen molar-refractivity contribution < 1.29 is 0 Å². The summed E-state index contributed by atoms with van der Waals surface area (Å²) in [5.41, 5.74) is 14.3. The van der Waals surface area contributed by atoms with Crippen LogP contribution in [0.2, 0.25) is 0 Å². The largest absolute Gasteiger partial charge is 0.248 e. The van der Waals surface area contributed by atoms with E-state index in [9.17, 15) is 0 Å². The molecule has 162 valence electrons. The molecular weight excluding hydrogens is 386 g/mol. The summed E-state index contributed by atoms with van der Waals surface area (Å²) in [7, 11) is 0.